The van der Waals surface area contributed by atoms with Crippen molar-refractivity contribution in [3.8, 4) is 0 Å². The van der Waals surface area contributed by atoms with Crippen molar-refractivity contribution in [2.45, 2.75) is 136 Å². The first-order valence-electron chi connectivity index (χ1n) is 15.6. The van der Waals surface area contributed by atoms with E-state index in [9.17, 15) is 19.8 Å². The minimum Gasteiger partial charge on any atom is -0.456 e. The Morgan fingerprint density at radius 1 is 1.20 bits per heavy atom. The van der Waals surface area contributed by atoms with Crippen LogP contribution in [0.15, 0.2) is 23.0 Å². The maximum atomic E-state index is 13.5. The number of methoxy groups -OCH3 is 2. The van der Waals surface area contributed by atoms with E-state index in [0.717, 1.165) is 6.42 Å². The lowest BCUT2D eigenvalue weighted by Crippen LogP contribution is -2.59. The predicted molar refractivity (Wildman–Crippen MR) is 165 cm³/mol. The first kappa shape index (κ1) is 38.3. The van der Waals surface area contributed by atoms with E-state index in [2.05, 4.69) is 4.90 Å². The fraction of sp³-hybridized carbons (Fsp3) is 0.818. The molecule has 0 aromatic rings. The molecule has 2 aliphatic heterocycles. The number of aliphatic hydroxyl groups is 2. The molecule has 254 valence electrons. The number of hydrogen-bond donors (Lipinski definition) is 2. The van der Waals surface area contributed by atoms with Gasteiger partial charge in [0.2, 0.25) is 5.79 Å². The van der Waals surface area contributed by atoms with Crippen LogP contribution >= 0.6 is 0 Å². The third-order valence-corrected chi connectivity index (χ3v) is 8.89. The van der Waals surface area contributed by atoms with Gasteiger partial charge in [0.25, 0.3) is 0 Å². The van der Waals surface area contributed by atoms with Gasteiger partial charge in [-0.15, -0.1) is 0 Å². The molecule has 0 aliphatic carbocycles. The number of cyclic esters (lactones) is 1. The van der Waals surface area contributed by atoms with Crippen LogP contribution in [0, 0.1) is 11.8 Å². The summed E-state index contributed by atoms with van der Waals surface area (Å²) < 4.78 is 37.0. The minimum atomic E-state index is -1.19. The van der Waals surface area contributed by atoms with Crippen LogP contribution in [0.2, 0.25) is 0 Å². The lowest BCUT2D eigenvalue weighted by atomic mass is 9.78. The monoisotopic (exact) mass is 627 g/mol. The molecule has 2 aliphatic rings. The Hall–Kier alpha value is -1.86. The normalized spacial score (nSPS) is 29.3. The van der Waals surface area contributed by atoms with Gasteiger partial charge < -0.3 is 43.5 Å². The first-order chi connectivity index (χ1) is 20.3. The number of nitrogens with zero attached hydrogens (tertiary/aromatic N) is 1. The molecular formula is C33H57NO10. The molecule has 44 heavy (non-hydrogen) atoms. The summed E-state index contributed by atoms with van der Waals surface area (Å²) in [6.07, 6.45) is -1.51. The van der Waals surface area contributed by atoms with E-state index in [0.29, 0.717) is 23.3 Å². The van der Waals surface area contributed by atoms with Crippen molar-refractivity contribution in [1.29, 1.82) is 0 Å². The summed E-state index contributed by atoms with van der Waals surface area (Å²) in [5.41, 5.74) is -0.422. The quantitative estimate of drug-likeness (QED) is 0.203. The minimum absolute atomic E-state index is 0.0116. The highest BCUT2D eigenvalue weighted by atomic mass is 16.7. The van der Waals surface area contributed by atoms with Gasteiger partial charge in [0.15, 0.2) is 12.1 Å². The molecule has 2 N–H and O–H groups in total. The van der Waals surface area contributed by atoms with Crippen molar-refractivity contribution in [2.75, 3.05) is 28.3 Å². The van der Waals surface area contributed by atoms with Gasteiger partial charge in [0.05, 0.1) is 35.6 Å². The Morgan fingerprint density at radius 3 is 2.34 bits per heavy atom. The van der Waals surface area contributed by atoms with Gasteiger partial charge in [-0.25, -0.2) is 4.79 Å². The molecule has 0 aromatic carbocycles. The lowest BCUT2D eigenvalue weighted by Gasteiger charge is -2.48. The molecule has 0 aromatic heterocycles. The molecular weight excluding hydrogens is 570 g/mol. The number of allylic oxidation sites excluding steroid dienone is 1. The lowest BCUT2D eigenvalue weighted by molar-refractivity contribution is -0.302. The number of carbonyl (C=O) groups excluding carboxylic acids is 2. The number of carbonyl (C=O) groups is 2. The third kappa shape index (κ3) is 9.11. The van der Waals surface area contributed by atoms with E-state index in [-0.39, 0.29) is 24.3 Å². The summed E-state index contributed by atoms with van der Waals surface area (Å²) in [7, 11) is 7.16. The SMILES string of the molecule is CC[C@@H](O)[C@@H](O)/C=C(\C)C(=O)[C@H](C)C[C@@](C)(OC)[C@H](OC1OC(C)CC(N(C)C)C1OC)[C@@H](C)C1=C(C)C(=O)OC(C)(C)O1. The van der Waals surface area contributed by atoms with Crippen LogP contribution in [0.1, 0.15) is 81.6 Å². The van der Waals surface area contributed by atoms with Gasteiger partial charge in [-0.1, -0.05) is 20.8 Å². The van der Waals surface area contributed by atoms with Crippen LogP contribution in [-0.4, -0.2) is 109 Å². The van der Waals surface area contributed by atoms with Gasteiger partial charge in [-0.05, 0) is 72.7 Å². The van der Waals surface area contributed by atoms with Crippen LogP contribution < -0.4 is 0 Å². The zero-order valence-corrected chi connectivity index (χ0v) is 29.0. The number of Topliss-reactive ketones (excluding diaryl/α,β-unsaturated/α-hetero) is 1. The molecule has 0 radical (unpaired) electrons. The standard InChI is InChI=1S/C33H57NO10/c1-14-24(35)25(36)15-18(2)26(37)19(3)17-33(9,40-13)29(21(5)27-22(6)30(38)44-32(7,8)43-27)42-31-28(39-12)23(34(10)11)16-20(4)41-31/h15,19-21,23-25,28-29,31,35-36H,14,16-17H2,1-13H3/b18-15+/t19-,20?,21+,23?,24-,25+,28?,29-,31?,33-/m1/s1. The van der Waals surface area contributed by atoms with E-state index in [1.54, 1.807) is 55.8 Å². The fourth-order valence-electron chi connectivity index (χ4n) is 6.27. The largest absolute Gasteiger partial charge is 0.456 e. The van der Waals surface area contributed by atoms with Gasteiger partial charge in [0, 0.05) is 45.9 Å². The molecule has 2 heterocycles. The fourth-order valence-corrected chi connectivity index (χ4v) is 6.27. The highest BCUT2D eigenvalue weighted by Crippen LogP contribution is 2.41. The molecule has 11 heteroatoms. The second kappa shape index (κ2) is 15.6. The van der Waals surface area contributed by atoms with Crippen LogP contribution in [0.25, 0.3) is 0 Å². The van der Waals surface area contributed by atoms with Gasteiger partial charge in [-0.3, -0.25) is 4.79 Å². The van der Waals surface area contributed by atoms with Crippen LogP contribution in [0.3, 0.4) is 0 Å². The molecule has 0 bridgehead atoms. The van der Waals surface area contributed by atoms with Crippen molar-refractivity contribution < 1.29 is 48.2 Å². The molecule has 0 saturated carbocycles. The number of likely N-dealkylation sites (N-methyl/N-ethyl adjacent to an activating group) is 1. The van der Waals surface area contributed by atoms with Crippen molar-refractivity contribution in [3.63, 3.8) is 0 Å². The number of ether oxygens (including phenoxy) is 6. The maximum absolute atomic E-state index is 13.5. The maximum Gasteiger partial charge on any atom is 0.340 e. The summed E-state index contributed by atoms with van der Waals surface area (Å²) in [5, 5.41) is 20.3. The Bertz CT molecular complexity index is 1060. The molecule has 0 amide bonds. The summed E-state index contributed by atoms with van der Waals surface area (Å²) >= 11 is 0. The molecule has 1 saturated heterocycles. The summed E-state index contributed by atoms with van der Waals surface area (Å²) in [6, 6.07) is 0.0116. The van der Waals surface area contributed by atoms with Crippen molar-refractivity contribution in [2.24, 2.45) is 11.8 Å². The molecule has 4 unspecified atom stereocenters. The Kier molecular flexibility index (Phi) is 13.6. The number of ketones is 1. The molecule has 2 rings (SSSR count). The highest BCUT2D eigenvalue weighted by molar-refractivity contribution is 5.96. The molecule has 10 atom stereocenters. The molecule has 0 spiro atoms. The van der Waals surface area contributed by atoms with E-state index >= 15 is 0 Å². The predicted octanol–water partition coefficient (Wildman–Crippen LogP) is 3.75. The number of rotatable bonds is 15. The smallest absolute Gasteiger partial charge is 0.340 e. The van der Waals surface area contributed by atoms with Crippen molar-refractivity contribution in [1.82, 2.24) is 4.90 Å². The number of hydrogen-bond acceptors (Lipinski definition) is 11. The van der Waals surface area contributed by atoms with Crippen LogP contribution in [0.4, 0.5) is 0 Å². The summed E-state index contributed by atoms with van der Waals surface area (Å²) in [6.45, 7) is 15.9. The van der Waals surface area contributed by atoms with Crippen molar-refractivity contribution in [3.05, 3.63) is 23.0 Å². The van der Waals surface area contributed by atoms with Crippen LogP contribution in [-0.2, 0) is 38.0 Å². The van der Waals surface area contributed by atoms with E-state index in [1.165, 1.54) is 6.08 Å². The van der Waals surface area contributed by atoms with Gasteiger partial charge in [-0.2, -0.15) is 0 Å². The third-order valence-electron chi connectivity index (χ3n) is 8.89. The zero-order chi connectivity index (χ0) is 33.7. The van der Waals surface area contributed by atoms with Crippen molar-refractivity contribution >= 4 is 11.8 Å². The van der Waals surface area contributed by atoms with E-state index in [1.807, 2.05) is 34.9 Å². The molecule has 1 fully saturated rings. The second-order valence-electron chi connectivity index (χ2n) is 13.3. The highest BCUT2D eigenvalue weighted by Gasteiger charge is 2.50. The number of esters is 1. The summed E-state index contributed by atoms with van der Waals surface area (Å²) in [4.78, 5) is 28.4. The summed E-state index contributed by atoms with van der Waals surface area (Å²) in [5.74, 6) is -2.55. The molecule has 11 nitrogen and oxygen atoms in total. The first-order valence-corrected chi connectivity index (χ1v) is 15.6. The van der Waals surface area contributed by atoms with Gasteiger partial charge >= 0.3 is 5.97 Å². The van der Waals surface area contributed by atoms with E-state index < -0.39 is 59.9 Å². The topological polar surface area (TPSA) is 133 Å². The number of aliphatic hydroxyl groups excluding tert-OH is 2. The Labute approximate surface area is 263 Å². The van der Waals surface area contributed by atoms with Gasteiger partial charge in [0.1, 0.15) is 11.9 Å². The van der Waals surface area contributed by atoms with E-state index in [4.69, 9.17) is 28.4 Å². The Balaban J connectivity index is 2.56. The average Bonchev–Trinajstić information content (AvgIpc) is 2.95. The Morgan fingerprint density at radius 2 is 1.82 bits per heavy atom. The van der Waals surface area contributed by atoms with Crippen LogP contribution in [0.5, 0.6) is 0 Å². The average molecular weight is 628 g/mol. The zero-order valence-electron chi connectivity index (χ0n) is 29.0. The second-order valence-corrected chi connectivity index (χ2v) is 13.3.